The summed E-state index contributed by atoms with van der Waals surface area (Å²) < 4.78 is 0. The molecule has 0 radical (unpaired) electrons. The molecule has 2 aliphatic rings. The Bertz CT molecular complexity index is 1290. The SMILES string of the molecule is CCC1=C(NC=O)C(c2ccc([N+](=O)[O-])cc2)C(N(C=O)CCCN2CCC(C)(c3ccccc3)CC2)=C(CC)N1.Cl.O. The lowest BCUT2D eigenvalue weighted by molar-refractivity contribution is -0.384. The van der Waals surface area contributed by atoms with Crippen LogP contribution in [0.2, 0.25) is 0 Å². The first-order chi connectivity index (χ1) is 19.8. The minimum atomic E-state index is -0.445. The predicted octanol–water partition coefficient (Wildman–Crippen LogP) is 4.77. The van der Waals surface area contributed by atoms with Crippen LogP contribution < -0.4 is 10.6 Å². The third-order valence-electron chi connectivity index (χ3n) is 8.60. The Labute approximate surface area is 260 Å². The van der Waals surface area contributed by atoms with E-state index >= 15 is 0 Å². The van der Waals surface area contributed by atoms with E-state index in [9.17, 15) is 19.7 Å². The number of nitro benzene ring substituents is 1. The molecule has 1 unspecified atom stereocenters. The van der Waals surface area contributed by atoms with Crippen LogP contribution in [0.3, 0.4) is 0 Å². The number of nitro groups is 1. The van der Waals surface area contributed by atoms with Gasteiger partial charge in [-0.15, -0.1) is 12.4 Å². The second kappa shape index (κ2) is 16.2. The number of amides is 2. The van der Waals surface area contributed by atoms with E-state index in [0.717, 1.165) is 68.0 Å². The molecule has 234 valence electrons. The first-order valence-corrected chi connectivity index (χ1v) is 14.5. The molecule has 1 fully saturated rings. The molecule has 10 nitrogen and oxygen atoms in total. The van der Waals surface area contributed by atoms with Crippen LogP contribution in [0.25, 0.3) is 0 Å². The van der Waals surface area contributed by atoms with E-state index in [1.807, 2.05) is 13.8 Å². The predicted molar refractivity (Wildman–Crippen MR) is 171 cm³/mol. The van der Waals surface area contributed by atoms with Crippen molar-refractivity contribution < 1.29 is 20.0 Å². The lowest BCUT2D eigenvalue weighted by atomic mass is 9.74. The normalized spacial score (nSPS) is 18.1. The Balaban J connectivity index is 0.00000323. The average Bonchev–Trinajstić information content (AvgIpc) is 3.00. The van der Waals surface area contributed by atoms with Gasteiger partial charge in [0.1, 0.15) is 0 Å². The highest BCUT2D eigenvalue weighted by molar-refractivity contribution is 5.85. The van der Waals surface area contributed by atoms with Crippen LogP contribution in [0.1, 0.15) is 69.9 Å². The third kappa shape index (κ3) is 8.01. The van der Waals surface area contributed by atoms with Crippen molar-refractivity contribution in [2.24, 2.45) is 0 Å². The molecule has 2 aromatic carbocycles. The van der Waals surface area contributed by atoms with Crippen LogP contribution >= 0.6 is 12.4 Å². The van der Waals surface area contributed by atoms with Gasteiger partial charge in [-0.3, -0.25) is 19.7 Å². The number of benzene rings is 2. The van der Waals surface area contributed by atoms with Crippen molar-refractivity contribution in [1.29, 1.82) is 0 Å². The molecule has 0 aliphatic carbocycles. The highest BCUT2D eigenvalue weighted by atomic mass is 35.5. The summed E-state index contributed by atoms with van der Waals surface area (Å²) in [6.07, 6.45) is 5.80. The largest absolute Gasteiger partial charge is 0.412 e. The molecular weight excluding hydrogens is 570 g/mol. The van der Waals surface area contributed by atoms with Gasteiger partial charge in [-0.05, 0) is 68.3 Å². The zero-order chi connectivity index (χ0) is 29.4. The van der Waals surface area contributed by atoms with Crippen LogP contribution in [0, 0.1) is 10.1 Å². The van der Waals surface area contributed by atoms with Crippen molar-refractivity contribution in [3.05, 3.63) is 98.6 Å². The molecule has 4 N–H and O–H groups in total. The number of piperidine rings is 1. The summed E-state index contributed by atoms with van der Waals surface area (Å²) in [7, 11) is 0. The van der Waals surface area contributed by atoms with Crippen molar-refractivity contribution in [3.63, 3.8) is 0 Å². The van der Waals surface area contributed by atoms with Crippen LogP contribution in [-0.4, -0.2) is 59.2 Å². The first-order valence-electron chi connectivity index (χ1n) is 14.5. The summed E-state index contributed by atoms with van der Waals surface area (Å²) >= 11 is 0. The topological polar surface area (TPSA) is 139 Å². The minimum Gasteiger partial charge on any atom is -0.412 e. The highest BCUT2D eigenvalue weighted by Crippen LogP contribution is 2.40. The number of nitrogens with zero attached hydrogens (tertiary/aromatic N) is 3. The molecule has 0 bridgehead atoms. The smallest absolute Gasteiger partial charge is 0.269 e. The van der Waals surface area contributed by atoms with Gasteiger partial charge in [0, 0.05) is 30.1 Å². The van der Waals surface area contributed by atoms with Crippen LogP contribution in [0.4, 0.5) is 5.69 Å². The van der Waals surface area contributed by atoms with Crippen molar-refractivity contribution in [1.82, 2.24) is 20.4 Å². The summed E-state index contributed by atoms with van der Waals surface area (Å²) in [6.45, 7) is 9.81. The number of allylic oxidation sites excluding steroid dienone is 2. The molecule has 2 aromatic rings. The number of hydrogen-bond donors (Lipinski definition) is 2. The fraction of sp³-hybridized carbons (Fsp3) is 0.438. The van der Waals surface area contributed by atoms with Gasteiger partial charge in [0.25, 0.3) is 5.69 Å². The number of nitrogens with one attached hydrogen (secondary N) is 2. The molecule has 0 aromatic heterocycles. The number of rotatable bonds is 13. The summed E-state index contributed by atoms with van der Waals surface area (Å²) in [6, 6.07) is 17.1. The van der Waals surface area contributed by atoms with Gasteiger partial charge in [-0.1, -0.05) is 63.2 Å². The standard InChI is InChI=1S/C32H41N5O4.ClH.H2O/c1-4-27-30(33-22-38)29(24-12-14-26(15-13-24)37(40)41)31(28(5-2)34-27)36(23-39)19-9-18-35-20-16-32(3,17-21-35)25-10-7-6-8-11-25;;/h6-8,10-15,22-23,29,34H,4-5,9,16-21H2,1-3H3,(H,33,38);1H;1H2. The van der Waals surface area contributed by atoms with E-state index in [0.29, 0.717) is 31.5 Å². The fourth-order valence-corrected chi connectivity index (χ4v) is 6.13. The number of non-ortho nitro benzene ring substituents is 1. The Morgan fingerprint density at radius 1 is 1.05 bits per heavy atom. The van der Waals surface area contributed by atoms with Gasteiger partial charge in [0.05, 0.1) is 22.2 Å². The number of carbonyl (C=O) groups excluding carboxylic acids is 2. The molecule has 11 heteroatoms. The van der Waals surface area contributed by atoms with Crippen molar-refractivity contribution >= 4 is 30.9 Å². The van der Waals surface area contributed by atoms with Gasteiger partial charge in [-0.25, -0.2) is 0 Å². The quantitative estimate of drug-likeness (QED) is 0.189. The maximum absolute atomic E-state index is 12.6. The Hall–Kier alpha value is -3.73. The van der Waals surface area contributed by atoms with E-state index < -0.39 is 10.8 Å². The number of hydrogen-bond acceptors (Lipinski definition) is 6. The maximum atomic E-state index is 12.6. The fourth-order valence-electron chi connectivity index (χ4n) is 6.13. The van der Waals surface area contributed by atoms with Crippen LogP contribution in [-0.2, 0) is 15.0 Å². The molecule has 2 amide bonds. The number of likely N-dealkylation sites (tertiary alicyclic amines) is 1. The molecule has 2 heterocycles. The van der Waals surface area contributed by atoms with Crippen molar-refractivity contribution in [2.45, 2.75) is 64.2 Å². The summed E-state index contributed by atoms with van der Waals surface area (Å²) in [5.74, 6) is -0.445. The average molecular weight is 614 g/mol. The molecule has 0 spiro atoms. The zero-order valence-electron chi connectivity index (χ0n) is 25.2. The zero-order valence-corrected chi connectivity index (χ0v) is 26.0. The van der Waals surface area contributed by atoms with Gasteiger partial charge in [0.2, 0.25) is 12.8 Å². The summed E-state index contributed by atoms with van der Waals surface area (Å²) in [4.78, 5) is 39.3. The van der Waals surface area contributed by atoms with E-state index in [-0.39, 0.29) is 29.0 Å². The summed E-state index contributed by atoms with van der Waals surface area (Å²) in [5, 5.41) is 17.6. The number of dihydropyridines is 1. The molecule has 43 heavy (non-hydrogen) atoms. The second-order valence-electron chi connectivity index (χ2n) is 11.1. The minimum absolute atomic E-state index is 0. The van der Waals surface area contributed by atoms with E-state index in [1.54, 1.807) is 17.0 Å². The van der Waals surface area contributed by atoms with Crippen molar-refractivity contribution in [2.75, 3.05) is 26.2 Å². The molecule has 4 rings (SSSR count). The number of carbonyl (C=O) groups is 2. The molecular formula is C32H44ClN5O5. The molecule has 2 aliphatic heterocycles. The Morgan fingerprint density at radius 3 is 2.21 bits per heavy atom. The third-order valence-corrected chi connectivity index (χ3v) is 8.60. The van der Waals surface area contributed by atoms with Crippen molar-refractivity contribution in [3.8, 4) is 0 Å². The Morgan fingerprint density at radius 2 is 1.67 bits per heavy atom. The lowest BCUT2D eigenvalue weighted by Crippen LogP contribution is -2.42. The van der Waals surface area contributed by atoms with E-state index in [2.05, 4.69) is 52.8 Å². The highest BCUT2D eigenvalue weighted by Gasteiger charge is 2.35. The second-order valence-corrected chi connectivity index (χ2v) is 11.1. The Kier molecular flexibility index (Phi) is 13.4. The van der Waals surface area contributed by atoms with Crippen LogP contribution in [0.5, 0.6) is 0 Å². The van der Waals surface area contributed by atoms with Crippen LogP contribution in [0.15, 0.2) is 77.4 Å². The first kappa shape index (κ1) is 35.5. The lowest BCUT2D eigenvalue weighted by Gasteiger charge is -2.40. The molecule has 1 saturated heterocycles. The monoisotopic (exact) mass is 613 g/mol. The summed E-state index contributed by atoms with van der Waals surface area (Å²) in [5.41, 5.74) is 5.55. The van der Waals surface area contributed by atoms with E-state index in [1.165, 1.54) is 17.7 Å². The van der Waals surface area contributed by atoms with Gasteiger partial charge in [0.15, 0.2) is 0 Å². The van der Waals surface area contributed by atoms with Gasteiger partial charge in [-0.2, -0.15) is 0 Å². The molecule has 0 saturated carbocycles. The molecule has 1 atom stereocenters. The van der Waals surface area contributed by atoms with Gasteiger partial charge < -0.3 is 25.9 Å². The van der Waals surface area contributed by atoms with E-state index in [4.69, 9.17) is 0 Å². The number of halogens is 1. The van der Waals surface area contributed by atoms with Gasteiger partial charge >= 0.3 is 0 Å². The maximum Gasteiger partial charge on any atom is 0.269 e.